The van der Waals surface area contributed by atoms with Crippen LogP contribution in [0.3, 0.4) is 0 Å². The largest absolute Gasteiger partial charge is 0.435 e. The predicted octanol–water partition coefficient (Wildman–Crippen LogP) is 4.34. The average molecular weight is 449 g/mol. The van der Waals surface area contributed by atoms with Gasteiger partial charge in [-0.15, -0.1) is 11.3 Å². The zero-order chi connectivity index (χ0) is 22.4. The van der Waals surface area contributed by atoms with Crippen molar-refractivity contribution in [2.45, 2.75) is 19.6 Å². The number of aromatic nitrogens is 1. The number of rotatable bonds is 8. The Labute approximate surface area is 180 Å². The molecule has 0 unspecified atom stereocenters. The van der Waals surface area contributed by atoms with Gasteiger partial charge in [-0.05, 0) is 29.8 Å². The zero-order valence-corrected chi connectivity index (χ0v) is 17.2. The Morgan fingerprint density at radius 2 is 1.87 bits per heavy atom. The third-order valence-corrected chi connectivity index (χ3v) is 5.02. The van der Waals surface area contributed by atoms with Crippen LogP contribution in [-0.4, -0.2) is 35.4 Å². The lowest BCUT2D eigenvalue weighted by molar-refractivity contribution is -0.129. The second-order valence-corrected chi connectivity index (χ2v) is 7.39. The summed E-state index contributed by atoms with van der Waals surface area (Å²) in [7, 11) is 1.61. The van der Waals surface area contributed by atoms with Gasteiger partial charge in [-0.25, -0.2) is 9.37 Å². The maximum atomic E-state index is 13.7. The molecule has 0 spiro atoms. The number of alkyl halides is 2. The molecule has 0 saturated heterocycles. The Balaban J connectivity index is 1.54. The minimum absolute atomic E-state index is 0.00907. The van der Waals surface area contributed by atoms with E-state index in [4.69, 9.17) is 0 Å². The highest BCUT2D eigenvalue weighted by atomic mass is 32.1. The molecule has 2 amide bonds. The Hall–Kier alpha value is -3.40. The summed E-state index contributed by atoms with van der Waals surface area (Å²) in [4.78, 5) is 30.3. The minimum atomic E-state index is -2.89. The molecule has 2 aromatic carbocycles. The smallest absolute Gasteiger partial charge is 0.387 e. The third kappa shape index (κ3) is 6.29. The van der Waals surface area contributed by atoms with Gasteiger partial charge in [0.25, 0.3) is 5.91 Å². The van der Waals surface area contributed by atoms with E-state index in [1.54, 1.807) is 30.6 Å². The number of thiazole rings is 1. The Kier molecular flexibility index (Phi) is 7.24. The Morgan fingerprint density at radius 1 is 1.16 bits per heavy atom. The van der Waals surface area contributed by atoms with E-state index in [1.165, 1.54) is 35.2 Å². The molecule has 6 nitrogen and oxygen atoms in total. The molecule has 0 bridgehead atoms. The average Bonchev–Trinajstić information content (AvgIpc) is 3.16. The van der Waals surface area contributed by atoms with E-state index >= 15 is 0 Å². The van der Waals surface area contributed by atoms with Gasteiger partial charge in [-0.3, -0.25) is 14.9 Å². The van der Waals surface area contributed by atoms with Crippen LogP contribution in [0.2, 0.25) is 0 Å². The highest BCUT2D eigenvalue weighted by Gasteiger charge is 2.16. The van der Waals surface area contributed by atoms with E-state index in [1.807, 2.05) is 0 Å². The highest BCUT2D eigenvalue weighted by molar-refractivity contribution is 7.14. The van der Waals surface area contributed by atoms with E-state index in [-0.39, 0.29) is 35.3 Å². The first kappa shape index (κ1) is 22.3. The third-order valence-electron chi connectivity index (χ3n) is 4.22. The number of anilines is 1. The van der Waals surface area contributed by atoms with Crippen molar-refractivity contribution < 1.29 is 27.5 Å². The molecule has 0 aliphatic heterocycles. The van der Waals surface area contributed by atoms with Gasteiger partial charge in [0.1, 0.15) is 11.6 Å². The van der Waals surface area contributed by atoms with Gasteiger partial charge < -0.3 is 9.64 Å². The number of hydrogen-bond acceptors (Lipinski definition) is 5. The van der Waals surface area contributed by atoms with Crippen LogP contribution < -0.4 is 10.1 Å². The molecule has 0 radical (unpaired) electrons. The fourth-order valence-corrected chi connectivity index (χ4v) is 3.39. The van der Waals surface area contributed by atoms with E-state index in [2.05, 4.69) is 15.0 Å². The number of halogens is 3. The molecule has 0 saturated carbocycles. The molecular weight excluding hydrogens is 431 g/mol. The van der Waals surface area contributed by atoms with Gasteiger partial charge >= 0.3 is 6.61 Å². The van der Waals surface area contributed by atoms with Gasteiger partial charge in [0.05, 0.1) is 17.7 Å². The van der Waals surface area contributed by atoms with Crippen LogP contribution in [0.4, 0.5) is 18.3 Å². The molecule has 31 heavy (non-hydrogen) atoms. The molecule has 10 heteroatoms. The Morgan fingerprint density at radius 3 is 2.55 bits per heavy atom. The van der Waals surface area contributed by atoms with Crippen LogP contribution in [0.5, 0.6) is 5.75 Å². The van der Waals surface area contributed by atoms with Crippen molar-refractivity contribution in [1.82, 2.24) is 9.88 Å². The van der Waals surface area contributed by atoms with Crippen LogP contribution in [0.1, 0.15) is 21.6 Å². The van der Waals surface area contributed by atoms with Crippen molar-refractivity contribution >= 4 is 28.3 Å². The number of carbonyl (C=O) groups excluding carboxylic acids is 2. The minimum Gasteiger partial charge on any atom is -0.435 e. The molecule has 0 fully saturated rings. The number of nitrogens with one attached hydrogen (secondary N) is 1. The van der Waals surface area contributed by atoms with E-state index in [0.29, 0.717) is 5.69 Å². The lowest BCUT2D eigenvalue weighted by atomic mass is 10.2. The zero-order valence-electron chi connectivity index (χ0n) is 16.3. The summed E-state index contributed by atoms with van der Waals surface area (Å²) >= 11 is 1.13. The van der Waals surface area contributed by atoms with Crippen LogP contribution in [0.25, 0.3) is 0 Å². The van der Waals surface area contributed by atoms with Crippen LogP contribution in [-0.2, 0) is 17.8 Å². The van der Waals surface area contributed by atoms with Crippen LogP contribution in [0, 0.1) is 5.82 Å². The summed E-state index contributed by atoms with van der Waals surface area (Å²) < 4.78 is 42.4. The topological polar surface area (TPSA) is 71.5 Å². The van der Waals surface area contributed by atoms with Gasteiger partial charge in [-0.2, -0.15) is 8.78 Å². The second-order valence-electron chi connectivity index (χ2n) is 6.53. The maximum Gasteiger partial charge on any atom is 0.387 e. The van der Waals surface area contributed by atoms with Crippen molar-refractivity contribution in [3.05, 3.63) is 76.5 Å². The Bertz CT molecular complexity index is 1060. The first-order chi connectivity index (χ1) is 14.8. The molecular formula is C21H18F3N3O3S. The summed E-state index contributed by atoms with van der Waals surface area (Å²) in [5.74, 6) is -1.44. The first-order valence-electron chi connectivity index (χ1n) is 9.10. The van der Waals surface area contributed by atoms with E-state index < -0.39 is 18.3 Å². The van der Waals surface area contributed by atoms with Gasteiger partial charge in [0.2, 0.25) is 5.91 Å². The van der Waals surface area contributed by atoms with Crippen molar-refractivity contribution in [3.63, 3.8) is 0 Å². The second kappa shape index (κ2) is 10.1. The molecule has 3 aromatic rings. The number of nitrogens with zero attached hydrogens (tertiary/aromatic N) is 2. The van der Waals surface area contributed by atoms with Gasteiger partial charge in [-0.1, -0.05) is 24.3 Å². The van der Waals surface area contributed by atoms with E-state index in [9.17, 15) is 22.8 Å². The monoisotopic (exact) mass is 449 g/mol. The summed E-state index contributed by atoms with van der Waals surface area (Å²) in [5, 5.41) is 4.41. The molecule has 1 heterocycles. The number of benzene rings is 2. The van der Waals surface area contributed by atoms with Crippen molar-refractivity contribution in [1.29, 1.82) is 0 Å². The maximum absolute atomic E-state index is 13.7. The van der Waals surface area contributed by atoms with Crippen molar-refractivity contribution in [2.75, 3.05) is 12.4 Å². The highest BCUT2D eigenvalue weighted by Crippen LogP contribution is 2.19. The number of ether oxygens (including phenoxy) is 1. The van der Waals surface area contributed by atoms with Crippen LogP contribution >= 0.6 is 11.3 Å². The molecule has 3 rings (SSSR count). The summed E-state index contributed by atoms with van der Waals surface area (Å²) in [5.41, 5.74) is 1.11. The van der Waals surface area contributed by atoms with Gasteiger partial charge in [0.15, 0.2) is 5.13 Å². The normalized spacial score (nSPS) is 10.7. The van der Waals surface area contributed by atoms with Crippen molar-refractivity contribution in [2.24, 2.45) is 0 Å². The molecule has 1 N–H and O–H groups in total. The van der Waals surface area contributed by atoms with Crippen molar-refractivity contribution in [3.8, 4) is 5.75 Å². The molecule has 1 aromatic heterocycles. The number of likely N-dealkylation sites (N-methyl/N-ethyl adjacent to an activating group) is 1. The number of amides is 2. The fraction of sp³-hybridized carbons (Fsp3) is 0.190. The quantitative estimate of drug-likeness (QED) is 0.556. The lowest BCUT2D eigenvalue weighted by Gasteiger charge is -2.17. The van der Waals surface area contributed by atoms with Crippen LogP contribution in [0.15, 0.2) is 53.9 Å². The standard InChI is InChI=1S/C21H18F3N3O3S/c1-27(11-13-6-8-15(9-7-13)30-20(23)24)18(28)10-14-12-31-21(25-14)26-19(29)16-4-2-3-5-17(16)22/h2-9,12,20H,10-11H2,1H3,(H,25,26,29). The molecule has 0 aliphatic rings. The van der Waals surface area contributed by atoms with Gasteiger partial charge in [0, 0.05) is 19.0 Å². The summed E-state index contributed by atoms with van der Waals surface area (Å²) in [6, 6.07) is 11.6. The summed E-state index contributed by atoms with van der Waals surface area (Å²) in [6.45, 7) is -2.62. The van der Waals surface area contributed by atoms with E-state index in [0.717, 1.165) is 16.9 Å². The first-order valence-corrected chi connectivity index (χ1v) is 9.98. The lowest BCUT2D eigenvalue weighted by Crippen LogP contribution is -2.27. The number of hydrogen-bond donors (Lipinski definition) is 1. The SMILES string of the molecule is CN(Cc1ccc(OC(F)F)cc1)C(=O)Cc1csc(NC(=O)c2ccccc2F)n1. The fourth-order valence-electron chi connectivity index (χ4n) is 2.68. The summed E-state index contributed by atoms with van der Waals surface area (Å²) in [6.07, 6.45) is 0.00907. The molecule has 162 valence electrons. The molecule has 0 aliphatic carbocycles. The predicted molar refractivity (Wildman–Crippen MR) is 110 cm³/mol. The number of carbonyl (C=O) groups is 2. The molecule has 0 atom stereocenters.